The number of hydrogen-bond donors (Lipinski definition) is 0. The van der Waals surface area contributed by atoms with Gasteiger partial charge in [-0.25, -0.2) is 4.39 Å². The zero-order chi connectivity index (χ0) is 20.4. The van der Waals surface area contributed by atoms with Crippen molar-refractivity contribution >= 4 is 28.4 Å². The number of rotatable bonds is 5. The number of hydrogen-bond acceptors (Lipinski definition) is 3. The SMILES string of the molecule is CCCN(C)C(=O)c1cc2c(F)c(C3=CCCN(C(C)=O)C3)cc(CC)c2o1. The van der Waals surface area contributed by atoms with E-state index in [1.807, 2.05) is 19.9 Å². The fraction of sp³-hybridized carbons (Fsp3) is 0.455. The van der Waals surface area contributed by atoms with E-state index in [0.717, 1.165) is 17.6 Å². The summed E-state index contributed by atoms with van der Waals surface area (Å²) in [4.78, 5) is 27.6. The number of halogens is 1. The van der Waals surface area contributed by atoms with Crippen LogP contribution in [-0.4, -0.2) is 48.3 Å². The third-order valence-corrected chi connectivity index (χ3v) is 5.25. The molecule has 150 valence electrons. The smallest absolute Gasteiger partial charge is 0.289 e. The van der Waals surface area contributed by atoms with Gasteiger partial charge >= 0.3 is 0 Å². The topological polar surface area (TPSA) is 53.8 Å². The maximum atomic E-state index is 15.4. The van der Waals surface area contributed by atoms with Crippen LogP contribution in [0.2, 0.25) is 0 Å². The highest BCUT2D eigenvalue weighted by molar-refractivity contribution is 5.98. The lowest BCUT2D eigenvalue weighted by Crippen LogP contribution is -2.33. The van der Waals surface area contributed by atoms with E-state index in [2.05, 4.69) is 0 Å². The molecule has 28 heavy (non-hydrogen) atoms. The number of benzene rings is 1. The minimum absolute atomic E-state index is 0.0158. The van der Waals surface area contributed by atoms with Crippen LogP contribution in [0.5, 0.6) is 0 Å². The molecule has 1 aromatic carbocycles. The largest absolute Gasteiger partial charge is 0.451 e. The third kappa shape index (κ3) is 3.68. The first-order chi connectivity index (χ1) is 13.4. The van der Waals surface area contributed by atoms with Crippen molar-refractivity contribution in [3.8, 4) is 0 Å². The molecule has 2 amide bonds. The molecule has 0 atom stereocenters. The summed E-state index contributed by atoms with van der Waals surface area (Å²) in [6, 6.07) is 3.30. The van der Waals surface area contributed by atoms with E-state index in [1.165, 1.54) is 13.0 Å². The number of aryl methyl sites for hydroxylation is 1. The highest BCUT2D eigenvalue weighted by atomic mass is 19.1. The Morgan fingerprint density at radius 3 is 2.68 bits per heavy atom. The molecule has 1 aliphatic rings. The van der Waals surface area contributed by atoms with Gasteiger partial charge in [-0.1, -0.05) is 19.9 Å². The highest BCUT2D eigenvalue weighted by Crippen LogP contribution is 2.33. The quantitative estimate of drug-likeness (QED) is 0.772. The second-order valence-electron chi connectivity index (χ2n) is 7.29. The summed E-state index contributed by atoms with van der Waals surface area (Å²) >= 11 is 0. The van der Waals surface area contributed by atoms with Gasteiger partial charge in [0.05, 0.1) is 5.39 Å². The molecule has 0 saturated heterocycles. The van der Waals surface area contributed by atoms with Crippen LogP contribution in [0.15, 0.2) is 22.6 Å². The monoisotopic (exact) mass is 386 g/mol. The van der Waals surface area contributed by atoms with Crippen LogP contribution in [0, 0.1) is 5.82 Å². The maximum Gasteiger partial charge on any atom is 0.289 e. The molecule has 0 unspecified atom stereocenters. The van der Waals surface area contributed by atoms with Crippen LogP contribution >= 0.6 is 0 Å². The Balaban J connectivity index is 2.07. The maximum absolute atomic E-state index is 15.4. The number of furan rings is 1. The van der Waals surface area contributed by atoms with Crippen molar-refractivity contribution in [2.24, 2.45) is 0 Å². The standard InChI is InChI=1S/C22H27FN2O3/c1-5-9-24(4)22(27)19-12-18-20(23)17(11-15(6-2)21(18)28-19)16-8-7-10-25(13-16)14(3)26/h8,11-12H,5-7,9-10,13H2,1-4H3. The van der Waals surface area contributed by atoms with E-state index in [0.29, 0.717) is 49.0 Å². The molecule has 0 aliphatic carbocycles. The van der Waals surface area contributed by atoms with Gasteiger partial charge in [-0.3, -0.25) is 9.59 Å². The predicted molar refractivity (Wildman–Crippen MR) is 108 cm³/mol. The van der Waals surface area contributed by atoms with Gasteiger partial charge in [0.1, 0.15) is 11.4 Å². The van der Waals surface area contributed by atoms with Gasteiger partial charge in [-0.05, 0) is 36.5 Å². The van der Waals surface area contributed by atoms with Gasteiger partial charge < -0.3 is 14.2 Å². The second kappa shape index (κ2) is 8.17. The number of nitrogens with zero attached hydrogens (tertiary/aromatic N) is 2. The Labute approximate surface area is 164 Å². The van der Waals surface area contributed by atoms with E-state index < -0.39 is 5.82 Å². The first kappa shape index (κ1) is 20.1. The lowest BCUT2D eigenvalue weighted by atomic mass is 9.95. The molecule has 0 spiro atoms. The van der Waals surface area contributed by atoms with Crippen molar-refractivity contribution in [1.29, 1.82) is 0 Å². The summed E-state index contributed by atoms with van der Waals surface area (Å²) in [6.07, 6.45) is 4.18. The summed E-state index contributed by atoms with van der Waals surface area (Å²) in [7, 11) is 1.71. The molecule has 1 aliphatic heterocycles. The van der Waals surface area contributed by atoms with Crippen LogP contribution in [-0.2, 0) is 11.2 Å². The van der Waals surface area contributed by atoms with E-state index in [1.54, 1.807) is 22.9 Å². The number of carbonyl (C=O) groups excluding carboxylic acids is 2. The normalized spacial score (nSPS) is 14.3. The molecule has 5 nitrogen and oxygen atoms in total. The number of carbonyl (C=O) groups is 2. The zero-order valence-corrected chi connectivity index (χ0v) is 17.0. The van der Waals surface area contributed by atoms with Crippen molar-refractivity contribution in [2.45, 2.75) is 40.0 Å². The molecular formula is C22H27FN2O3. The van der Waals surface area contributed by atoms with Crippen molar-refractivity contribution < 1.29 is 18.4 Å². The molecule has 2 heterocycles. The Morgan fingerprint density at radius 1 is 1.29 bits per heavy atom. The van der Waals surface area contributed by atoms with Crippen molar-refractivity contribution in [1.82, 2.24) is 9.80 Å². The second-order valence-corrected chi connectivity index (χ2v) is 7.29. The minimum Gasteiger partial charge on any atom is -0.451 e. The average molecular weight is 386 g/mol. The molecular weight excluding hydrogens is 359 g/mol. The van der Waals surface area contributed by atoms with Crippen molar-refractivity contribution in [3.05, 3.63) is 40.9 Å². The molecule has 0 radical (unpaired) electrons. The molecule has 0 N–H and O–H groups in total. The summed E-state index contributed by atoms with van der Waals surface area (Å²) in [5.41, 5.74) is 2.56. The van der Waals surface area contributed by atoms with Gasteiger partial charge in [0.25, 0.3) is 5.91 Å². The van der Waals surface area contributed by atoms with Crippen LogP contribution in [0.3, 0.4) is 0 Å². The third-order valence-electron chi connectivity index (χ3n) is 5.25. The summed E-state index contributed by atoms with van der Waals surface area (Å²) < 4.78 is 21.2. The first-order valence-corrected chi connectivity index (χ1v) is 9.82. The van der Waals surface area contributed by atoms with Crippen LogP contribution in [0.1, 0.15) is 55.3 Å². The van der Waals surface area contributed by atoms with Crippen LogP contribution in [0.25, 0.3) is 16.5 Å². The lowest BCUT2D eigenvalue weighted by molar-refractivity contribution is -0.128. The Bertz CT molecular complexity index is 945. The predicted octanol–water partition coefficient (Wildman–Crippen LogP) is 4.25. The van der Waals surface area contributed by atoms with Gasteiger partial charge in [0, 0.05) is 45.2 Å². The molecule has 0 fully saturated rings. The molecule has 0 saturated carbocycles. The van der Waals surface area contributed by atoms with E-state index in [4.69, 9.17) is 4.42 Å². The number of fused-ring (bicyclic) bond motifs is 1. The van der Waals surface area contributed by atoms with Crippen molar-refractivity contribution in [3.63, 3.8) is 0 Å². The number of amides is 2. The van der Waals surface area contributed by atoms with E-state index in [9.17, 15) is 9.59 Å². The van der Waals surface area contributed by atoms with Crippen molar-refractivity contribution in [2.75, 3.05) is 26.7 Å². The summed E-state index contributed by atoms with van der Waals surface area (Å²) in [6.45, 7) is 7.15. The van der Waals surface area contributed by atoms with E-state index in [-0.39, 0.29) is 17.6 Å². The molecule has 6 heteroatoms. The Morgan fingerprint density at radius 2 is 2.04 bits per heavy atom. The van der Waals surface area contributed by atoms with Gasteiger partial charge in [0.15, 0.2) is 5.76 Å². The summed E-state index contributed by atoms with van der Waals surface area (Å²) in [5.74, 6) is -0.511. The van der Waals surface area contributed by atoms with E-state index >= 15 is 4.39 Å². The Kier molecular flexibility index (Phi) is 5.87. The molecule has 3 rings (SSSR count). The van der Waals surface area contributed by atoms with Crippen LogP contribution < -0.4 is 0 Å². The van der Waals surface area contributed by atoms with Gasteiger partial charge in [-0.15, -0.1) is 0 Å². The zero-order valence-electron chi connectivity index (χ0n) is 17.0. The van der Waals surface area contributed by atoms with Crippen LogP contribution in [0.4, 0.5) is 4.39 Å². The highest BCUT2D eigenvalue weighted by Gasteiger charge is 2.24. The Hall–Kier alpha value is -2.63. The lowest BCUT2D eigenvalue weighted by Gasteiger charge is -2.27. The van der Waals surface area contributed by atoms with Gasteiger partial charge in [0.2, 0.25) is 5.91 Å². The molecule has 0 bridgehead atoms. The summed E-state index contributed by atoms with van der Waals surface area (Å²) in [5, 5.41) is 0.323. The fourth-order valence-corrected chi connectivity index (χ4v) is 3.68. The molecule has 1 aromatic heterocycles. The fourth-order valence-electron chi connectivity index (χ4n) is 3.68. The average Bonchev–Trinajstić information content (AvgIpc) is 3.14. The molecule has 2 aromatic rings. The van der Waals surface area contributed by atoms with Gasteiger partial charge in [-0.2, -0.15) is 0 Å². The minimum atomic E-state index is -0.398. The first-order valence-electron chi connectivity index (χ1n) is 9.82.